The molecule has 0 aromatic heterocycles. The van der Waals surface area contributed by atoms with Crippen LogP contribution in [0.3, 0.4) is 0 Å². The van der Waals surface area contributed by atoms with Crippen LogP contribution in [0.4, 0.5) is 0 Å². The van der Waals surface area contributed by atoms with Crippen molar-refractivity contribution in [3.05, 3.63) is 55.0 Å². The average Bonchev–Trinajstić information content (AvgIpc) is 2.39. The van der Waals surface area contributed by atoms with E-state index in [1.54, 1.807) is 0 Å². The number of hydrogen-bond donors (Lipinski definition) is 0. The van der Waals surface area contributed by atoms with Gasteiger partial charge in [0.05, 0.1) is 11.9 Å². The topological polar surface area (TPSA) is 107 Å². The summed E-state index contributed by atoms with van der Waals surface area (Å²) in [7, 11) is 0. The molecule has 0 bridgehead atoms. The summed E-state index contributed by atoms with van der Waals surface area (Å²) in [5.41, 5.74) is -0.727. The number of benzene rings is 1. The third kappa shape index (κ3) is 7.35. The average molecular weight is 327 g/mol. The number of aromatic carboxylic acids is 2. The van der Waals surface area contributed by atoms with Crippen LogP contribution in [0.2, 0.25) is 0 Å². The fourth-order valence-electron chi connectivity index (χ4n) is 0.999. The SMILES string of the molecule is C=CC(=O)OC[CH2-].O=C([O-])c1ccccc1C(=O)[O-].[Cu+2]. The van der Waals surface area contributed by atoms with Crippen molar-refractivity contribution in [1.82, 2.24) is 0 Å². The Bertz CT molecular complexity index is 451. The normalized spacial score (nSPS) is 8.25. The van der Waals surface area contributed by atoms with E-state index in [1.165, 1.54) is 12.1 Å². The second-order valence-corrected chi connectivity index (χ2v) is 2.99. The molecule has 0 amide bonds. The monoisotopic (exact) mass is 326 g/mol. The van der Waals surface area contributed by atoms with Crippen LogP contribution in [-0.2, 0) is 26.6 Å². The molecule has 1 aromatic rings. The second kappa shape index (κ2) is 10.8. The van der Waals surface area contributed by atoms with Gasteiger partial charge in [0.15, 0.2) is 0 Å². The first-order valence-corrected chi connectivity index (χ1v) is 5.04. The van der Waals surface area contributed by atoms with Crippen molar-refractivity contribution < 1.29 is 46.4 Å². The van der Waals surface area contributed by atoms with Gasteiger partial charge in [-0.2, -0.15) is 0 Å². The van der Waals surface area contributed by atoms with Crippen molar-refractivity contribution >= 4 is 17.9 Å². The quantitative estimate of drug-likeness (QED) is 0.303. The molecule has 20 heavy (non-hydrogen) atoms. The van der Waals surface area contributed by atoms with Crippen LogP contribution >= 0.6 is 0 Å². The molecule has 0 saturated carbocycles. The molecule has 0 aliphatic heterocycles. The zero-order chi connectivity index (χ0) is 14.8. The predicted molar refractivity (Wildman–Crippen MR) is 61.6 cm³/mol. The number of carboxylic acid groups (broad SMARTS) is 2. The Morgan fingerprint density at radius 3 is 1.75 bits per heavy atom. The van der Waals surface area contributed by atoms with E-state index in [0.717, 1.165) is 18.2 Å². The van der Waals surface area contributed by atoms with Crippen molar-refractivity contribution in [2.75, 3.05) is 6.61 Å². The minimum atomic E-state index is -1.52. The number of esters is 1. The maximum atomic E-state index is 10.3. The molecule has 0 saturated heterocycles. The van der Waals surface area contributed by atoms with Gasteiger partial charge >= 0.3 is 23.0 Å². The van der Waals surface area contributed by atoms with Gasteiger partial charge in [-0.25, -0.2) is 4.79 Å². The van der Waals surface area contributed by atoms with Crippen LogP contribution in [0.25, 0.3) is 0 Å². The van der Waals surface area contributed by atoms with E-state index < -0.39 is 17.9 Å². The maximum absolute atomic E-state index is 10.3. The molecular formula is C13H11CuO6-. The summed E-state index contributed by atoms with van der Waals surface area (Å²) < 4.78 is 4.32. The summed E-state index contributed by atoms with van der Waals surface area (Å²) in [6, 6.07) is 5.14. The van der Waals surface area contributed by atoms with E-state index in [1.807, 2.05) is 0 Å². The van der Waals surface area contributed by atoms with Crippen LogP contribution in [0.5, 0.6) is 0 Å². The molecule has 7 heteroatoms. The Balaban J connectivity index is 0. The Labute approximate surface area is 126 Å². The standard InChI is InChI=1S/C8H6O4.C5H7O2.Cu/c9-7(10)5-3-1-2-4-6(5)8(11)12;1-3-5(6)7-4-2;/h1-4H,(H,9,10)(H,11,12);3H,1-2,4H2;/q;-1;+2/p-2. The summed E-state index contributed by atoms with van der Waals surface area (Å²) in [6.45, 7) is 6.63. The van der Waals surface area contributed by atoms with E-state index in [4.69, 9.17) is 0 Å². The Hall–Kier alpha value is -2.11. The Morgan fingerprint density at radius 1 is 1.15 bits per heavy atom. The van der Waals surface area contributed by atoms with Gasteiger partial charge in [-0.1, -0.05) is 30.8 Å². The number of hydrogen-bond acceptors (Lipinski definition) is 6. The summed E-state index contributed by atoms with van der Waals surface area (Å²) >= 11 is 0. The third-order valence-electron chi connectivity index (χ3n) is 1.78. The molecule has 0 heterocycles. The minimum absolute atomic E-state index is 0. The zero-order valence-corrected chi connectivity index (χ0v) is 11.2. The molecular weight excluding hydrogens is 316 g/mol. The van der Waals surface area contributed by atoms with Crippen LogP contribution in [0, 0.1) is 6.92 Å². The van der Waals surface area contributed by atoms with E-state index in [-0.39, 0.29) is 34.8 Å². The number of carbonyl (C=O) groups excluding carboxylic acids is 3. The van der Waals surface area contributed by atoms with Crippen molar-refractivity contribution in [2.24, 2.45) is 0 Å². The van der Waals surface area contributed by atoms with Crippen LogP contribution < -0.4 is 10.2 Å². The van der Waals surface area contributed by atoms with E-state index in [9.17, 15) is 24.6 Å². The first-order valence-electron chi connectivity index (χ1n) is 5.04. The summed E-state index contributed by atoms with van der Waals surface area (Å²) in [5, 5.41) is 20.6. The molecule has 1 aromatic carbocycles. The summed E-state index contributed by atoms with van der Waals surface area (Å²) in [5.74, 6) is -3.46. The van der Waals surface area contributed by atoms with Gasteiger partial charge in [-0.05, 0) is 6.61 Å². The number of carbonyl (C=O) groups is 3. The summed E-state index contributed by atoms with van der Waals surface area (Å²) in [6.07, 6.45) is 1.10. The van der Waals surface area contributed by atoms with Crippen LogP contribution in [0.15, 0.2) is 36.9 Å². The molecule has 0 aliphatic carbocycles. The molecule has 0 spiro atoms. The molecule has 0 atom stereocenters. The van der Waals surface area contributed by atoms with Crippen LogP contribution in [0.1, 0.15) is 20.7 Å². The Kier molecular flexibility index (Phi) is 10.9. The first kappa shape index (κ1) is 20.2. The molecule has 0 unspecified atom stereocenters. The van der Waals surface area contributed by atoms with Gasteiger partial charge in [0.1, 0.15) is 0 Å². The van der Waals surface area contributed by atoms with Gasteiger partial charge < -0.3 is 31.5 Å². The molecule has 0 N–H and O–H groups in total. The number of ether oxygens (including phenoxy) is 1. The van der Waals surface area contributed by atoms with Crippen molar-refractivity contribution in [3.8, 4) is 0 Å². The molecule has 1 radical (unpaired) electrons. The Morgan fingerprint density at radius 2 is 1.55 bits per heavy atom. The fourth-order valence-corrected chi connectivity index (χ4v) is 0.999. The van der Waals surface area contributed by atoms with Gasteiger partial charge in [-0.15, -0.1) is 0 Å². The van der Waals surface area contributed by atoms with Crippen molar-refractivity contribution in [1.29, 1.82) is 0 Å². The number of rotatable bonds is 4. The smallest absolute Gasteiger partial charge is 0.545 e. The van der Waals surface area contributed by atoms with E-state index in [2.05, 4.69) is 18.2 Å². The van der Waals surface area contributed by atoms with Gasteiger partial charge in [0.2, 0.25) is 0 Å². The maximum Gasteiger partial charge on any atom is 2.00 e. The largest absolute Gasteiger partial charge is 2.00 e. The van der Waals surface area contributed by atoms with Gasteiger partial charge in [0, 0.05) is 17.2 Å². The van der Waals surface area contributed by atoms with Crippen molar-refractivity contribution in [2.45, 2.75) is 0 Å². The molecule has 6 nitrogen and oxygen atoms in total. The van der Waals surface area contributed by atoms with Gasteiger partial charge in [0.25, 0.3) is 0 Å². The molecule has 1 rings (SSSR count). The predicted octanol–water partition coefficient (Wildman–Crippen LogP) is -1.04. The molecule has 111 valence electrons. The number of carboxylic acids is 2. The molecule has 0 fully saturated rings. The van der Waals surface area contributed by atoms with E-state index in [0.29, 0.717) is 0 Å². The third-order valence-corrected chi connectivity index (χ3v) is 1.78. The van der Waals surface area contributed by atoms with Gasteiger partial charge in [-0.3, -0.25) is 0 Å². The van der Waals surface area contributed by atoms with Crippen LogP contribution in [-0.4, -0.2) is 24.5 Å². The first-order chi connectivity index (χ1) is 8.93. The summed E-state index contributed by atoms with van der Waals surface area (Å²) in [4.78, 5) is 30.7. The fraction of sp³-hybridized carbons (Fsp3) is 0.0769. The van der Waals surface area contributed by atoms with E-state index >= 15 is 0 Å². The minimum Gasteiger partial charge on any atom is -0.545 e. The zero-order valence-electron chi connectivity index (χ0n) is 10.3. The molecule has 0 aliphatic rings. The second-order valence-electron chi connectivity index (χ2n) is 2.99. The van der Waals surface area contributed by atoms with Crippen molar-refractivity contribution in [3.63, 3.8) is 0 Å².